The van der Waals surface area contributed by atoms with Gasteiger partial charge in [0.05, 0.1) is 66.6 Å². The second kappa shape index (κ2) is 15.0. The van der Waals surface area contributed by atoms with Crippen molar-refractivity contribution in [2.75, 3.05) is 0 Å². The molecule has 15 aromatic rings. The third kappa shape index (κ3) is 5.48. The van der Waals surface area contributed by atoms with Crippen molar-refractivity contribution in [3.8, 4) is 45.8 Å². The molecule has 10 aromatic carbocycles. The number of rotatable bonds is 6. The summed E-state index contributed by atoms with van der Waals surface area (Å²) in [4.78, 5) is 16.7. The van der Waals surface area contributed by atoms with Crippen molar-refractivity contribution in [3.05, 3.63) is 236 Å². The highest BCUT2D eigenvalue weighted by atomic mass is 15.3. The lowest BCUT2D eigenvalue weighted by Crippen LogP contribution is -2.12. The minimum Gasteiger partial charge on any atom is -0.309 e. The highest BCUT2D eigenvalue weighted by Gasteiger charge is 2.27. The smallest absolute Gasteiger partial charge is 0.240 e. The number of para-hydroxylation sites is 9. The molecule has 326 valence electrons. The molecule has 0 unspecified atom stereocenters. The van der Waals surface area contributed by atoms with Crippen LogP contribution in [0.15, 0.2) is 236 Å². The standard InChI is InChI=1S/C63H39N7/c1-10-30-50-40(20-1)41-21-2-11-31-51(41)67(50)54-34-14-9-28-48(54)49-29-19-39-59(68-52-32-12-3-22-42(52)43-23-4-13-33-53(43)68)60(49)61-64-62(69-55-35-15-5-24-44(55)45-25-6-16-36-56(45)69)66-63(65-61)70-57-37-17-7-26-46(57)47-27-8-18-38-58(47)70/h1-39H/i5D,15D,24D,35D. The van der Waals surface area contributed by atoms with Gasteiger partial charge in [-0.15, -0.1) is 0 Å². The molecule has 0 aliphatic rings. The zero-order valence-corrected chi connectivity index (χ0v) is 37.3. The normalized spacial score (nSPS) is 12.8. The van der Waals surface area contributed by atoms with Crippen LogP contribution in [0.1, 0.15) is 5.48 Å². The molecule has 15 rings (SSSR count). The number of fused-ring (bicyclic) bond motifs is 12. The molecule has 0 fully saturated rings. The van der Waals surface area contributed by atoms with Crippen LogP contribution in [-0.4, -0.2) is 33.2 Å². The Kier molecular flexibility index (Phi) is 7.41. The minimum absolute atomic E-state index is 0.131. The van der Waals surface area contributed by atoms with Gasteiger partial charge in [-0.05, 0) is 66.2 Å². The number of hydrogen-bond donors (Lipinski definition) is 0. The largest absolute Gasteiger partial charge is 0.309 e. The van der Waals surface area contributed by atoms with Crippen LogP contribution in [-0.2, 0) is 0 Å². The molecule has 0 N–H and O–H groups in total. The third-order valence-corrected chi connectivity index (χ3v) is 14.0. The van der Waals surface area contributed by atoms with E-state index in [9.17, 15) is 2.74 Å². The molecule has 0 aliphatic heterocycles. The van der Waals surface area contributed by atoms with Crippen LogP contribution in [0.3, 0.4) is 0 Å². The summed E-state index contributed by atoms with van der Waals surface area (Å²) < 4.78 is 45.1. The van der Waals surface area contributed by atoms with Gasteiger partial charge >= 0.3 is 0 Å². The van der Waals surface area contributed by atoms with Crippen LogP contribution in [0.4, 0.5) is 0 Å². The second-order valence-corrected chi connectivity index (χ2v) is 17.7. The zero-order chi connectivity index (χ0) is 49.3. The molecule has 0 atom stereocenters. The number of aromatic nitrogens is 7. The minimum atomic E-state index is -0.343. The third-order valence-electron chi connectivity index (χ3n) is 14.0. The Hall–Kier alpha value is -9.59. The molecule has 7 heteroatoms. The SMILES string of the molecule is [2H]c1c([2H])c([2H])c2c(c1[2H])c1ccccc1n2-c1nc(-c2c(-c3ccccc3-n3c4ccccc4c4ccccc43)cccc2-n2c3ccccc3c3ccccc32)nc(-n2c3ccccc3c3ccccc32)n1. The van der Waals surface area contributed by atoms with E-state index >= 15 is 0 Å². The van der Waals surface area contributed by atoms with Gasteiger partial charge in [-0.2, -0.15) is 15.0 Å². The molecule has 7 nitrogen and oxygen atoms in total. The maximum atomic E-state index is 9.52. The summed E-state index contributed by atoms with van der Waals surface area (Å²) in [6.07, 6.45) is 0. The van der Waals surface area contributed by atoms with E-state index < -0.39 is 0 Å². The van der Waals surface area contributed by atoms with Crippen molar-refractivity contribution in [3.63, 3.8) is 0 Å². The van der Waals surface area contributed by atoms with E-state index in [-0.39, 0.29) is 35.6 Å². The van der Waals surface area contributed by atoms with Crippen molar-refractivity contribution < 1.29 is 5.48 Å². The number of nitrogens with zero attached hydrogens (tertiary/aromatic N) is 7. The average Bonchev–Trinajstić information content (AvgIpc) is 4.19. The molecule has 0 saturated heterocycles. The first-order valence-electron chi connectivity index (χ1n) is 25.4. The summed E-state index contributed by atoms with van der Waals surface area (Å²) in [5.74, 6) is 0.901. The molecule has 5 aromatic heterocycles. The van der Waals surface area contributed by atoms with Gasteiger partial charge in [-0.3, -0.25) is 9.13 Å². The van der Waals surface area contributed by atoms with Crippen LogP contribution in [0.5, 0.6) is 0 Å². The van der Waals surface area contributed by atoms with Crippen LogP contribution < -0.4 is 0 Å². The van der Waals surface area contributed by atoms with Crippen LogP contribution in [0.2, 0.25) is 0 Å². The van der Waals surface area contributed by atoms with Crippen molar-refractivity contribution >= 4 is 87.2 Å². The van der Waals surface area contributed by atoms with E-state index in [0.29, 0.717) is 28.1 Å². The van der Waals surface area contributed by atoms with Gasteiger partial charge in [0.25, 0.3) is 0 Å². The Labute approximate surface area is 406 Å². The quantitative estimate of drug-likeness (QED) is 0.167. The number of hydrogen-bond acceptors (Lipinski definition) is 3. The first kappa shape index (κ1) is 34.7. The lowest BCUT2D eigenvalue weighted by atomic mass is 9.95. The monoisotopic (exact) mass is 897 g/mol. The van der Waals surface area contributed by atoms with E-state index in [1.807, 2.05) is 48.5 Å². The molecule has 0 bridgehead atoms. The second-order valence-electron chi connectivity index (χ2n) is 17.7. The Morgan fingerprint density at radius 2 is 0.614 bits per heavy atom. The van der Waals surface area contributed by atoms with E-state index in [1.54, 1.807) is 4.57 Å². The fourth-order valence-electron chi connectivity index (χ4n) is 11.1. The van der Waals surface area contributed by atoms with Gasteiger partial charge < -0.3 is 9.13 Å². The number of benzene rings is 10. The molecule has 70 heavy (non-hydrogen) atoms. The van der Waals surface area contributed by atoms with Crippen LogP contribution in [0.25, 0.3) is 133 Å². The molecular weight excluding hydrogens is 855 g/mol. The van der Waals surface area contributed by atoms with E-state index in [1.165, 1.54) is 0 Å². The van der Waals surface area contributed by atoms with Crippen molar-refractivity contribution in [1.82, 2.24) is 33.2 Å². The average molecular weight is 898 g/mol. The first-order chi connectivity index (χ1) is 36.4. The highest BCUT2D eigenvalue weighted by Crippen LogP contribution is 2.44. The van der Waals surface area contributed by atoms with E-state index in [0.717, 1.165) is 93.5 Å². The topological polar surface area (TPSA) is 58.4 Å². The summed E-state index contributed by atoms with van der Waals surface area (Å²) in [6.45, 7) is 0. The Balaban J connectivity index is 1.13. The molecule has 5 heterocycles. The van der Waals surface area contributed by atoms with Gasteiger partial charge in [0.1, 0.15) is 0 Å². The van der Waals surface area contributed by atoms with E-state index in [2.05, 4.69) is 177 Å². The summed E-state index contributed by atoms with van der Waals surface area (Å²) in [6, 6.07) is 72.1. The molecular formula is C63H39N7. The summed E-state index contributed by atoms with van der Waals surface area (Å²) in [5, 5.41) is 7.62. The summed E-state index contributed by atoms with van der Waals surface area (Å²) in [5.41, 5.74) is 11.2. The van der Waals surface area contributed by atoms with Gasteiger partial charge in [0.2, 0.25) is 11.9 Å². The fourth-order valence-corrected chi connectivity index (χ4v) is 11.1. The Morgan fingerprint density at radius 3 is 1.10 bits per heavy atom. The van der Waals surface area contributed by atoms with Crippen molar-refractivity contribution in [2.45, 2.75) is 0 Å². The molecule has 0 spiro atoms. The maximum Gasteiger partial charge on any atom is 0.240 e. The van der Waals surface area contributed by atoms with Gasteiger partial charge in [0.15, 0.2) is 5.82 Å². The van der Waals surface area contributed by atoms with E-state index in [4.69, 9.17) is 17.7 Å². The molecule has 0 amide bonds. The molecule has 0 aliphatic carbocycles. The predicted octanol–water partition coefficient (Wildman–Crippen LogP) is 15.6. The van der Waals surface area contributed by atoms with Crippen molar-refractivity contribution in [2.24, 2.45) is 0 Å². The summed E-state index contributed by atoms with van der Waals surface area (Å²) >= 11 is 0. The van der Waals surface area contributed by atoms with Crippen molar-refractivity contribution in [1.29, 1.82) is 0 Å². The highest BCUT2D eigenvalue weighted by molar-refractivity contribution is 6.13. The summed E-state index contributed by atoms with van der Waals surface area (Å²) in [7, 11) is 0. The van der Waals surface area contributed by atoms with Gasteiger partial charge in [0, 0.05) is 48.7 Å². The lowest BCUT2D eigenvalue weighted by Gasteiger charge is -2.21. The van der Waals surface area contributed by atoms with Crippen LogP contribution >= 0.6 is 0 Å². The first-order valence-corrected chi connectivity index (χ1v) is 23.4. The molecule has 0 saturated carbocycles. The van der Waals surface area contributed by atoms with Crippen LogP contribution in [0, 0.1) is 0 Å². The van der Waals surface area contributed by atoms with Gasteiger partial charge in [-0.25, -0.2) is 0 Å². The Morgan fingerprint density at radius 1 is 0.271 bits per heavy atom. The molecule has 0 radical (unpaired) electrons. The zero-order valence-electron chi connectivity index (χ0n) is 41.3. The van der Waals surface area contributed by atoms with Gasteiger partial charge in [-0.1, -0.05) is 176 Å². The fraction of sp³-hybridized carbons (Fsp3) is 0. The maximum absolute atomic E-state index is 9.52. The predicted molar refractivity (Wildman–Crippen MR) is 288 cm³/mol. The lowest BCUT2D eigenvalue weighted by molar-refractivity contribution is 0.892. The Bertz CT molecular complexity index is 4710.